The minimum absolute atomic E-state index is 0. The summed E-state index contributed by atoms with van der Waals surface area (Å²) in [6.07, 6.45) is 16.4. The Hall–Kier alpha value is -1.71. The molecule has 0 fully saturated rings. The van der Waals surface area contributed by atoms with Crippen LogP contribution in [0.3, 0.4) is 0 Å². The normalized spacial score (nSPS) is 12.6. The van der Waals surface area contributed by atoms with Crippen molar-refractivity contribution in [3.05, 3.63) is 98.3 Å². The Morgan fingerprint density at radius 2 is 1.68 bits per heavy atom. The van der Waals surface area contributed by atoms with E-state index in [0.29, 0.717) is 0 Å². The number of benzene rings is 1. The van der Waals surface area contributed by atoms with Gasteiger partial charge >= 0.3 is 0 Å². The van der Waals surface area contributed by atoms with Gasteiger partial charge in [0.1, 0.15) is 5.76 Å². The van der Waals surface area contributed by atoms with Gasteiger partial charge in [-0.15, -0.1) is 12.2 Å². The summed E-state index contributed by atoms with van der Waals surface area (Å²) in [6, 6.07) is 10.4. The van der Waals surface area contributed by atoms with Crippen molar-refractivity contribution < 1.29 is 51.2 Å². The maximum Gasteiger partial charge on any atom is 0.164 e. The number of hydrogen-bond acceptors (Lipinski definition) is 3. The first-order valence-electron chi connectivity index (χ1n) is 12.7. The summed E-state index contributed by atoms with van der Waals surface area (Å²) in [5.41, 5.74) is 1.54. The molecule has 1 heterocycles. The number of aliphatic hydroxyl groups is 1. The largest absolute Gasteiger partial charge is 0.518 e. The predicted molar refractivity (Wildman–Crippen MR) is 157 cm³/mol. The van der Waals surface area contributed by atoms with Gasteiger partial charge in [-0.25, -0.2) is 0 Å². The summed E-state index contributed by atoms with van der Waals surface area (Å²) >= 11 is 0. The van der Waals surface area contributed by atoms with E-state index >= 15 is 0 Å². The minimum atomic E-state index is -0.417. The van der Waals surface area contributed by atoms with Crippen LogP contribution in [0, 0.1) is 72.0 Å². The monoisotopic (exact) mass is 629 g/mol. The number of nitrogens with zero attached hydrogens (tertiary/aromatic N) is 1. The molecule has 0 bridgehead atoms. The van der Waals surface area contributed by atoms with Crippen LogP contribution in [0.1, 0.15) is 80.3 Å². The average Bonchev–Trinajstić information content (AvgIpc) is 2.84. The van der Waals surface area contributed by atoms with Gasteiger partial charge in [-0.2, -0.15) is 24.5 Å². The fraction of sp³-hybridized carbons (Fsp3) is 0.394. The zero-order chi connectivity index (χ0) is 27.8. The van der Waals surface area contributed by atoms with Crippen LogP contribution < -0.4 is 0 Å². The second-order valence-electron chi connectivity index (χ2n) is 10.4. The summed E-state index contributed by atoms with van der Waals surface area (Å²) in [6.45, 7) is 23.5. The quantitative estimate of drug-likeness (QED) is 0.209. The molecule has 1 aromatic carbocycles. The number of allylic oxidation sites excluding steroid dienone is 7. The van der Waals surface area contributed by atoms with Crippen LogP contribution in [0.5, 0.6) is 0 Å². The van der Waals surface area contributed by atoms with Gasteiger partial charge in [0, 0.05) is 64.4 Å². The molecule has 1 aliphatic rings. The molecule has 0 amide bonds. The first-order chi connectivity index (χ1) is 16.8. The molecule has 0 spiro atoms. The third kappa shape index (κ3) is 15.3. The van der Waals surface area contributed by atoms with E-state index in [1.54, 1.807) is 6.08 Å². The fourth-order valence-corrected chi connectivity index (χ4v) is 2.60. The topological polar surface area (TPSA) is 50.2 Å². The average molecular weight is 630 g/mol. The fourth-order valence-electron chi connectivity index (χ4n) is 2.60. The summed E-state index contributed by atoms with van der Waals surface area (Å²) in [5, 5.41) is 12.0. The van der Waals surface area contributed by atoms with E-state index in [4.69, 9.17) is 6.58 Å². The van der Waals surface area contributed by atoms with Crippen molar-refractivity contribution >= 4 is 22.1 Å². The Balaban J connectivity index is 0. The van der Waals surface area contributed by atoms with Crippen molar-refractivity contribution in [1.82, 2.24) is 4.98 Å². The molecule has 0 saturated heterocycles. The van der Waals surface area contributed by atoms with Crippen molar-refractivity contribution in [3.63, 3.8) is 0 Å². The molecular weight excluding hydrogens is 583 g/mol. The van der Waals surface area contributed by atoms with Crippen LogP contribution in [-0.4, -0.2) is 15.9 Å². The Morgan fingerprint density at radius 1 is 1.11 bits per heavy atom. The van der Waals surface area contributed by atoms with E-state index in [1.807, 2.05) is 61.6 Å². The van der Waals surface area contributed by atoms with Gasteiger partial charge in [-0.05, 0) is 22.5 Å². The molecule has 0 unspecified atom stereocenters. The van der Waals surface area contributed by atoms with Crippen LogP contribution >= 0.6 is 0 Å². The zero-order valence-corrected chi connectivity index (χ0v) is 27.9. The molecule has 1 aliphatic carbocycles. The van der Waals surface area contributed by atoms with Gasteiger partial charge in [0.15, 0.2) is 5.78 Å². The van der Waals surface area contributed by atoms with Gasteiger partial charge in [-0.1, -0.05) is 92.5 Å². The Morgan fingerprint density at radius 3 is 2.14 bits per heavy atom. The molecule has 1 N–H and O–H groups in total. The summed E-state index contributed by atoms with van der Waals surface area (Å²) in [4.78, 5) is 16.0. The van der Waals surface area contributed by atoms with Crippen molar-refractivity contribution in [3.8, 4) is 0 Å². The van der Waals surface area contributed by atoms with Gasteiger partial charge in [0.05, 0.1) is 0 Å². The van der Waals surface area contributed by atoms with E-state index in [9.17, 15) is 9.90 Å². The first kappa shape index (κ1) is 37.4. The standard InChI is InChI=1S/C15H12N.C11H20O2.C4H7.C3H7.Pr/c1-2-7-13(8-3-1)15-14-9-5-4-6-12(14)10-11-16-15;1-10(2,3)8(12)7-9(13)11(4,5)6;1-3-4-2;1-3-2;/h1-2,4-11H,3H2;7,12H,1-6H3;1,3H,4H2,2H3;1,3H2,2H3;/q-1;;2*-1;/b;8-7-;;;. The second-order valence-corrected chi connectivity index (χ2v) is 10.4. The summed E-state index contributed by atoms with van der Waals surface area (Å²) in [5.74, 6) is 0.104. The zero-order valence-electron chi connectivity index (χ0n) is 24.2. The van der Waals surface area contributed by atoms with E-state index < -0.39 is 5.41 Å². The molecule has 0 aliphatic heterocycles. The predicted octanol–water partition coefficient (Wildman–Crippen LogP) is 9.49. The van der Waals surface area contributed by atoms with E-state index in [2.05, 4.69) is 66.9 Å². The Labute approximate surface area is 260 Å². The SMILES string of the molecule is C1=CC[CH-]C(c2nccc3ccccc23)=C1.CC(C)(C)C(=O)/C=C(\O)C(C)(C)C.[CH-]=CCC.[CH2-]CC.[Pr]. The van der Waals surface area contributed by atoms with Crippen LogP contribution in [-0.2, 0) is 4.79 Å². The number of carbonyl (C=O) groups excluding carboxylic acids is 1. The Bertz CT molecular complexity index is 1030. The number of aromatic nitrogens is 1. The molecule has 37 heavy (non-hydrogen) atoms. The maximum absolute atomic E-state index is 11.5. The van der Waals surface area contributed by atoms with Crippen LogP contribution in [0.15, 0.2) is 72.7 Å². The van der Waals surface area contributed by atoms with E-state index in [0.717, 1.165) is 25.0 Å². The molecular formula is C33H46NO2Pr-3. The van der Waals surface area contributed by atoms with Gasteiger partial charge in [0.2, 0.25) is 0 Å². The number of aliphatic hydroxyl groups excluding tert-OH is 1. The molecule has 201 valence electrons. The molecule has 1 radical (unpaired) electrons. The van der Waals surface area contributed by atoms with Gasteiger partial charge in [-0.3, -0.25) is 10.9 Å². The molecule has 3 nitrogen and oxygen atoms in total. The molecule has 1 aromatic heterocycles. The number of ketones is 1. The van der Waals surface area contributed by atoms with Crippen molar-refractivity contribution in [1.29, 1.82) is 0 Å². The van der Waals surface area contributed by atoms with Gasteiger partial charge in [0.25, 0.3) is 0 Å². The van der Waals surface area contributed by atoms with Gasteiger partial charge < -0.3 is 23.6 Å². The third-order valence-corrected chi connectivity index (χ3v) is 4.84. The number of carbonyl (C=O) groups is 1. The first-order valence-corrected chi connectivity index (χ1v) is 12.7. The number of fused-ring (bicyclic) bond motifs is 1. The third-order valence-electron chi connectivity index (χ3n) is 4.84. The minimum Gasteiger partial charge on any atom is -0.518 e. The summed E-state index contributed by atoms with van der Waals surface area (Å²) < 4.78 is 0. The van der Waals surface area contributed by atoms with Crippen molar-refractivity contribution in [2.45, 2.75) is 74.7 Å². The van der Waals surface area contributed by atoms with Crippen molar-refractivity contribution in [2.24, 2.45) is 10.8 Å². The van der Waals surface area contributed by atoms with Crippen molar-refractivity contribution in [2.75, 3.05) is 0 Å². The van der Waals surface area contributed by atoms with E-state index in [-0.39, 0.29) is 58.2 Å². The van der Waals surface area contributed by atoms with E-state index in [1.165, 1.54) is 22.4 Å². The molecule has 3 rings (SSSR count). The van der Waals surface area contributed by atoms with Crippen LogP contribution in [0.4, 0.5) is 0 Å². The summed E-state index contributed by atoms with van der Waals surface area (Å²) in [7, 11) is 0. The number of rotatable bonds is 3. The van der Waals surface area contributed by atoms with Crippen LogP contribution in [0.25, 0.3) is 16.3 Å². The maximum atomic E-state index is 11.5. The second kappa shape index (κ2) is 19.4. The molecule has 0 saturated carbocycles. The number of pyridine rings is 1. The smallest absolute Gasteiger partial charge is 0.164 e. The molecule has 0 atom stereocenters. The molecule has 2 aromatic rings. The number of hydrogen-bond donors (Lipinski definition) is 1. The Kier molecular flexibility index (Phi) is 19.6. The molecule has 4 heteroatoms. The van der Waals surface area contributed by atoms with Crippen LogP contribution in [0.2, 0.25) is 0 Å².